The fraction of sp³-hybridized carbons (Fsp3) is 0.435. The van der Waals surface area contributed by atoms with Crippen molar-refractivity contribution in [3.05, 3.63) is 62.5 Å². The van der Waals surface area contributed by atoms with E-state index in [4.69, 9.17) is 9.47 Å². The number of carbonyl (C=O) groups is 3. The summed E-state index contributed by atoms with van der Waals surface area (Å²) in [6, 6.07) is 6.31. The lowest BCUT2D eigenvalue weighted by Crippen LogP contribution is -2.40. The van der Waals surface area contributed by atoms with Gasteiger partial charge in [-0.25, -0.2) is 9.59 Å². The van der Waals surface area contributed by atoms with Gasteiger partial charge in [0, 0.05) is 29.3 Å². The Morgan fingerprint density at radius 3 is 2.48 bits per heavy atom. The minimum atomic E-state index is -1.79. The standard InChI is InChI=1S/C23H26N2O8/c1-5-31-21(27)18-13(2)24-16-7-6-8-17(26)20(16)19(18)14-9-11-15(12-10-14)32-22(28)23(3,4)33-25(29)30/h9-12,19,24H,5-8H2,1-4H3. The molecule has 1 heterocycles. The first-order valence-electron chi connectivity index (χ1n) is 10.6. The minimum Gasteiger partial charge on any atom is -0.463 e. The van der Waals surface area contributed by atoms with E-state index in [1.165, 1.54) is 26.0 Å². The summed E-state index contributed by atoms with van der Waals surface area (Å²) in [7, 11) is 0. The first-order valence-corrected chi connectivity index (χ1v) is 10.6. The number of dihydropyridines is 1. The molecular formula is C23H26N2O8. The van der Waals surface area contributed by atoms with Gasteiger partial charge in [0.2, 0.25) is 5.60 Å². The molecule has 0 radical (unpaired) electrons. The molecule has 2 aliphatic rings. The van der Waals surface area contributed by atoms with Crippen LogP contribution in [0.1, 0.15) is 58.4 Å². The van der Waals surface area contributed by atoms with Gasteiger partial charge in [-0.05, 0) is 58.2 Å². The van der Waals surface area contributed by atoms with Crippen LogP contribution in [0.15, 0.2) is 46.8 Å². The zero-order chi connectivity index (χ0) is 24.3. The maximum Gasteiger partial charge on any atom is 0.343 e. The van der Waals surface area contributed by atoms with Gasteiger partial charge >= 0.3 is 11.9 Å². The summed E-state index contributed by atoms with van der Waals surface area (Å²) < 4.78 is 10.5. The summed E-state index contributed by atoms with van der Waals surface area (Å²) in [6.45, 7) is 6.13. The Morgan fingerprint density at radius 2 is 1.88 bits per heavy atom. The number of rotatable bonds is 7. The Hall–Kier alpha value is -3.69. The van der Waals surface area contributed by atoms with Crippen LogP contribution in [0, 0.1) is 10.1 Å². The molecule has 1 aromatic rings. The number of ether oxygens (including phenoxy) is 2. The molecule has 1 unspecified atom stereocenters. The maximum absolute atomic E-state index is 12.8. The van der Waals surface area contributed by atoms with E-state index >= 15 is 0 Å². The first kappa shape index (κ1) is 24.0. The highest BCUT2D eigenvalue weighted by atomic mass is 17.0. The normalized spacial score (nSPS) is 18.3. The Balaban J connectivity index is 1.94. The topological polar surface area (TPSA) is 134 Å². The van der Waals surface area contributed by atoms with Gasteiger partial charge in [0.05, 0.1) is 12.2 Å². The van der Waals surface area contributed by atoms with Gasteiger partial charge in [0.1, 0.15) is 5.75 Å². The summed E-state index contributed by atoms with van der Waals surface area (Å²) in [5.74, 6) is -1.96. The van der Waals surface area contributed by atoms with E-state index in [2.05, 4.69) is 10.2 Å². The third-order valence-electron chi connectivity index (χ3n) is 5.49. The fourth-order valence-corrected chi connectivity index (χ4v) is 3.98. The molecule has 3 rings (SSSR count). The van der Waals surface area contributed by atoms with Crippen LogP contribution >= 0.6 is 0 Å². The molecule has 0 amide bonds. The number of carbonyl (C=O) groups excluding carboxylic acids is 3. The van der Waals surface area contributed by atoms with E-state index in [-0.39, 0.29) is 18.1 Å². The molecule has 176 valence electrons. The Labute approximate surface area is 190 Å². The van der Waals surface area contributed by atoms with Crippen molar-refractivity contribution in [2.24, 2.45) is 0 Å². The van der Waals surface area contributed by atoms with Crippen LogP contribution in [0.5, 0.6) is 5.75 Å². The third kappa shape index (κ3) is 5.05. The summed E-state index contributed by atoms with van der Waals surface area (Å²) in [6.07, 6.45) is 1.83. The molecule has 0 saturated carbocycles. The second-order valence-electron chi connectivity index (χ2n) is 8.27. The van der Waals surface area contributed by atoms with E-state index in [9.17, 15) is 24.5 Å². The van der Waals surface area contributed by atoms with Crippen LogP contribution in [0.2, 0.25) is 0 Å². The molecular weight excluding hydrogens is 432 g/mol. The highest BCUT2D eigenvalue weighted by Gasteiger charge is 2.39. The molecule has 1 aromatic carbocycles. The molecule has 1 aliphatic heterocycles. The second kappa shape index (κ2) is 9.43. The minimum absolute atomic E-state index is 0.0303. The van der Waals surface area contributed by atoms with Gasteiger partial charge in [0.15, 0.2) is 5.78 Å². The lowest BCUT2D eigenvalue weighted by atomic mass is 9.75. The van der Waals surface area contributed by atoms with Gasteiger partial charge < -0.3 is 14.8 Å². The van der Waals surface area contributed by atoms with E-state index in [1.54, 1.807) is 26.0 Å². The van der Waals surface area contributed by atoms with Gasteiger partial charge in [-0.3, -0.25) is 9.63 Å². The Morgan fingerprint density at radius 1 is 1.21 bits per heavy atom. The van der Waals surface area contributed by atoms with Crippen molar-refractivity contribution in [3.63, 3.8) is 0 Å². The summed E-state index contributed by atoms with van der Waals surface area (Å²) in [4.78, 5) is 52.9. The molecule has 1 N–H and O–H groups in total. The Kier molecular flexibility index (Phi) is 6.85. The van der Waals surface area contributed by atoms with Crippen LogP contribution in [0.25, 0.3) is 0 Å². The van der Waals surface area contributed by atoms with E-state index in [0.29, 0.717) is 35.2 Å². The third-order valence-corrected chi connectivity index (χ3v) is 5.49. The molecule has 1 atom stereocenters. The average molecular weight is 458 g/mol. The second-order valence-corrected chi connectivity index (χ2v) is 8.27. The molecule has 0 fully saturated rings. The number of nitrogens with one attached hydrogen (secondary N) is 1. The van der Waals surface area contributed by atoms with Gasteiger partial charge in [0.25, 0.3) is 5.09 Å². The van der Waals surface area contributed by atoms with Crippen molar-refractivity contribution >= 4 is 17.7 Å². The lowest BCUT2D eigenvalue weighted by Gasteiger charge is -2.34. The molecule has 1 aliphatic carbocycles. The van der Waals surface area contributed by atoms with Gasteiger partial charge in [-0.2, -0.15) is 0 Å². The smallest absolute Gasteiger partial charge is 0.343 e. The largest absolute Gasteiger partial charge is 0.463 e. The maximum atomic E-state index is 12.8. The number of allylic oxidation sites excluding steroid dienone is 3. The molecule has 33 heavy (non-hydrogen) atoms. The number of Topliss-reactive ketones (excluding diaryl/α,β-unsaturated/α-hetero) is 1. The summed E-state index contributed by atoms with van der Waals surface area (Å²) in [5.41, 5.74) is 1.19. The van der Waals surface area contributed by atoms with Crippen molar-refractivity contribution in [3.8, 4) is 5.75 Å². The zero-order valence-corrected chi connectivity index (χ0v) is 18.9. The number of esters is 2. The molecule has 10 heteroatoms. The Bertz CT molecular complexity index is 1050. The van der Waals surface area contributed by atoms with Gasteiger partial charge in [-0.15, -0.1) is 10.1 Å². The summed E-state index contributed by atoms with van der Waals surface area (Å²) >= 11 is 0. The van der Waals surface area contributed by atoms with Crippen molar-refractivity contribution in [2.45, 2.75) is 58.5 Å². The lowest BCUT2D eigenvalue weighted by molar-refractivity contribution is -0.774. The highest BCUT2D eigenvalue weighted by Crippen LogP contribution is 2.42. The zero-order valence-electron chi connectivity index (χ0n) is 18.9. The van der Waals surface area contributed by atoms with E-state index in [0.717, 1.165) is 12.1 Å². The van der Waals surface area contributed by atoms with E-state index in [1.807, 2.05) is 0 Å². The molecule has 10 nitrogen and oxygen atoms in total. The van der Waals surface area contributed by atoms with Crippen LogP contribution in [0.3, 0.4) is 0 Å². The predicted octanol–water partition coefficient (Wildman–Crippen LogP) is 3.11. The SMILES string of the molecule is CCOC(=O)C1=C(C)NC2=C(C(=O)CCC2)C1c1ccc(OC(=O)C(C)(C)O[N+](=O)[O-])cc1. The van der Waals surface area contributed by atoms with E-state index < -0.39 is 28.5 Å². The molecule has 0 saturated heterocycles. The van der Waals surface area contributed by atoms with Crippen molar-refractivity contribution < 1.29 is 33.8 Å². The quantitative estimate of drug-likeness (QED) is 0.283. The number of benzene rings is 1. The number of hydrogen-bond acceptors (Lipinski definition) is 9. The average Bonchev–Trinajstić information content (AvgIpc) is 2.72. The fourth-order valence-electron chi connectivity index (χ4n) is 3.98. The molecule has 0 aromatic heterocycles. The van der Waals surface area contributed by atoms with Crippen LogP contribution in [0.4, 0.5) is 0 Å². The van der Waals surface area contributed by atoms with Crippen LogP contribution in [-0.2, 0) is 24.0 Å². The number of ketones is 1. The predicted molar refractivity (Wildman–Crippen MR) is 115 cm³/mol. The van der Waals surface area contributed by atoms with Crippen LogP contribution < -0.4 is 10.1 Å². The molecule has 0 bridgehead atoms. The van der Waals surface area contributed by atoms with Crippen LogP contribution in [-0.4, -0.2) is 35.0 Å². The molecule has 0 spiro atoms. The van der Waals surface area contributed by atoms with Crippen molar-refractivity contribution in [1.29, 1.82) is 0 Å². The monoisotopic (exact) mass is 458 g/mol. The summed E-state index contributed by atoms with van der Waals surface area (Å²) in [5, 5.41) is 12.7. The van der Waals surface area contributed by atoms with Crippen molar-refractivity contribution in [2.75, 3.05) is 6.61 Å². The first-order chi connectivity index (χ1) is 15.5. The van der Waals surface area contributed by atoms with Crippen molar-refractivity contribution in [1.82, 2.24) is 5.32 Å². The number of nitrogens with zero attached hydrogens (tertiary/aromatic N) is 1. The highest BCUT2D eigenvalue weighted by molar-refractivity contribution is 6.03. The van der Waals surface area contributed by atoms with Gasteiger partial charge in [-0.1, -0.05) is 12.1 Å². The number of hydrogen-bond donors (Lipinski definition) is 1.